The van der Waals surface area contributed by atoms with Crippen molar-refractivity contribution in [1.82, 2.24) is 9.55 Å². The molecule has 32 heavy (non-hydrogen) atoms. The van der Waals surface area contributed by atoms with Crippen LogP contribution in [0.1, 0.15) is 45.0 Å². The van der Waals surface area contributed by atoms with Gasteiger partial charge in [0.25, 0.3) is 17.9 Å². The number of hydrogen-bond acceptors (Lipinski definition) is 5. The lowest BCUT2D eigenvalue weighted by Crippen LogP contribution is -2.20. The number of para-hydroxylation sites is 2. The van der Waals surface area contributed by atoms with E-state index in [9.17, 15) is 4.79 Å². The first-order valence-electron chi connectivity index (χ1n) is 9.72. The van der Waals surface area contributed by atoms with Crippen LogP contribution in [0.3, 0.4) is 0 Å². The summed E-state index contributed by atoms with van der Waals surface area (Å²) in [5.41, 5.74) is 3.89. The van der Waals surface area contributed by atoms with E-state index in [1.807, 2.05) is 62.4 Å². The second kappa shape index (κ2) is 14.1. The summed E-state index contributed by atoms with van der Waals surface area (Å²) in [4.78, 5) is 43.8. The number of carboxylic acid groups (broad SMARTS) is 3. The molecule has 3 N–H and O–H groups in total. The topological polar surface area (TPSA) is 147 Å². The van der Waals surface area contributed by atoms with Crippen LogP contribution in [0.4, 0.5) is 0 Å². The summed E-state index contributed by atoms with van der Waals surface area (Å²) in [6.07, 6.45) is 0.448. The fraction of sp³-hybridized carbons (Fsp3) is 0.261. The van der Waals surface area contributed by atoms with Crippen LogP contribution in [-0.2, 0) is 20.8 Å². The van der Waals surface area contributed by atoms with Crippen LogP contribution in [0.15, 0.2) is 48.5 Å². The lowest BCUT2D eigenvalue weighted by molar-refractivity contribution is -0.135. The Morgan fingerprint density at radius 2 is 1.25 bits per heavy atom. The Morgan fingerprint density at radius 1 is 0.812 bits per heavy atom. The Morgan fingerprint density at radius 3 is 1.78 bits per heavy atom. The molecule has 0 atom stereocenters. The number of carboxylic acids is 3. The highest BCUT2D eigenvalue weighted by Crippen LogP contribution is 2.31. The van der Waals surface area contributed by atoms with Crippen molar-refractivity contribution >= 4 is 34.8 Å². The van der Waals surface area contributed by atoms with Gasteiger partial charge in [-0.2, -0.15) is 0 Å². The van der Waals surface area contributed by atoms with Crippen molar-refractivity contribution in [2.75, 3.05) is 0 Å². The molecule has 1 aromatic heterocycles. The number of imidazole rings is 1. The molecule has 0 amide bonds. The van der Waals surface area contributed by atoms with E-state index < -0.39 is 17.9 Å². The van der Waals surface area contributed by atoms with E-state index in [0.717, 1.165) is 48.8 Å². The van der Waals surface area contributed by atoms with Gasteiger partial charge in [-0.1, -0.05) is 50.2 Å². The second-order valence-electron chi connectivity index (χ2n) is 6.04. The van der Waals surface area contributed by atoms with E-state index in [2.05, 4.69) is 4.98 Å². The molecule has 0 unspecified atom stereocenters. The van der Waals surface area contributed by atoms with Crippen molar-refractivity contribution in [3.8, 4) is 11.4 Å². The summed E-state index contributed by atoms with van der Waals surface area (Å²) in [7, 11) is 0. The molecule has 4 rings (SSSR count). The molecule has 9 nitrogen and oxygen atoms in total. The third-order valence-corrected chi connectivity index (χ3v) is 3.41. The standard InChI is InChI=1S/C15H10N2O.3C2H4O2.C2H6/c18-14-9-10-5-1-2-6-11(10)15-16-12-7-3-4-8-13(12)17(14)15;3*1-2(3)4;1-2/h1-8H,9H2;3*1H3,(H,3,4);1-2H3. The summed E-state index contributed by atoms with van der Waals surface area (Å²) >= 11 is 0. The fourth-order valence-corrected chi connectivity index (χ4v) is 2.59. The summed E-state index contributed by atoms with van der Waals surface area (Å²) in [5.74, 6) is -1.64. The number of rotatable bonds is 0. The molecular weight excluding hydrogens is 416 g/mol. The summed E-state index contributed by atoms with van der Waals surface area (Å²) in [5, 5.41) is 22.2. The van der Waals surface area contributed by atoms with Gasteiger partial charge < -0.3 is 15.3 Å². The maximum atomic E-state index is 12.2. The quantitative estimate of drug-likeness (QED) is 0.467. The predicted octanol–water partition coefficient (Wildman–Crippen LogP) is 4.20. The van der Waals surface area contributed by atoms with Gasteiger partial charge in [0.1, 0.15) is 5.82 Å². The highest BCUT2D eigenvalue weighted by Gasteiger charge is 2.25. The van der Waals surface area contributed by atoms with E-state index in [-0.39, 0.29) is 5.91 Å². The molecule has 0 aliphatic carbocycles. The van der Waals surface area contributed by atoms with Crippen LogP contribution in [0.25, 0.3) is 22.4 Å². The number of benzene rings is 2. The van der Waals surface area contributed by atoms with Gasteiger partial charge in [-0.15, -0.1) is 0 Å². The molecule has 3 aromatic rings. The van der Waals surface area contributed by atoms with Crippen molar-refractivity contribution in [2.45, 2.75) is 41.0 Å². The predicted molar refractivity (Wildman–Crippen MR) is 121 cm³/mol. The largest absolute Gasteiger partial charge is 0.481 e. The average molecular weight is 444 g/mol. The monoisotopic (exact) mass is 444 g/mol. The lowest BCUT2D eigenvalue weighted by atomic mass is 10.0. The molecule has 2 aromatic carbocycles. The zero-order valence-electron chi connectivity index (χ0n) is 18.7. The number of hydrogen-bond donors (Lipinski definition) is 3. The molecule has 1 aliphatic heterocycles. The highest BCUT2D eigenvalue weighted by atomic mass is 16.4. The summed E-state index contributed by atoms with van der Waals surface area (Å²) in [6, 6.07) is 15.7. The van der Waals surface area contributed by atoms with Crippen molar-refractivity contribution in [3.63, 3.8) is 0 Å². The third kappa shape index (κ3) is 9.21. The van der Waals surface area contributed by atoms with E-state index in [4.69, 9.17) is 29.7 Å². The third-order valence-electron chi connectivity index (χ3n) is 3.41. The molecule has 0 bridgehead atoms. The van der Waals surface area contributed by atoms with Crippen molar-refractivity contribution in [2.24, 2.45) is 0 Å². The zero-order valence-corrected chi connectivity index (χ0v) is 18.7. The van der Waals surface area contributed by atoms with Gasteiger partial charge in [0.2, 0.25) is 5.91 Å². The second-order valence-corrected chi connectivity index (χ2v) is 6.04. The van der Waals surface area contributed by atoms with Gasteiger partial charge in [0, 0.05) is 26.3 Å². The normalized spacial score (nSPS) is 10.1. The molecular formula is C23H28N2O7. The fourth-order valence-electron chi connectivity index (χ4n) is 2.59. The number of aromatic nitrogens is 2. The van der Waals surface area contributed by atoms with Crippen LogP contribution >= 0.6 is 0 Å². The number of fused-ring (bicyclic) bond motifs is 5. The van der Waals surface area contributed by atoms with Gasteiger partial charge in [-0.05, 0) is 17.7 Å². The Bertz CT molecular complexity index is 1030. The van der Waals surface area contributed by atoms with E-state index in [1.54, 1.807) is 4.57 Å². The molecule has 9 heteroatoms. The minimum atomic E-state index is -0.833. The van der Waals surface area contributed by atoms with Crippen molar-refractivity contribution in [1.29, 1.82) is 0 Å². The molecule has 0 saturated heterocycles. The van der Waals surface area contributed by atoms with Gasteiger partial charge in [0.15, 0.2) is 0 Å². The first-order valence-corrected chi connectivity index (χ1v) is 9.72. The summed E-state index contributed by atoms with van der Waals surface area (Å²) in [6.45, 7) is 7.25. The summed E-state index contributed by atoms with van der Waals surface area (Å²) < 4.78 is 1.73. The molecule has 0 fully saturated rings. The van der Waals surface area contributed by atoms with E-state index in [0.29, 0.717) is 6.42 Å². The van der Waals surface area contributed by atoms with E-state index in [1.165, 1.54) is 0 Å². The number of nitrogens with zero attached hydrogens (tertiary/aromatic N) is 2. The molecule has 1 aliphatic rings. The molecule has 0 spiro atoms. The average Bonchev–Trinajstić information content (AvgIpc) is 3.09. The lowest BCUT2D eigenvalue weighted by Gasteiger charge is -2.16. The van der Waals surface area contributed by atoms with Crippen LogP contribution in [-0.4, -0.2) is 48.7 Å². The Balaban J connectivity index is 0.000000575. The minimum Gasteiger partial charge on any atom is -0.481 e. The minimum absolute atomic E-state index is 0.0948. The Hall–Kier alpha value is -4.01. The van der Waals surface area contributed by atoms with Crippen LogP contribution in [0.2, 0.25) is 0 Å². The first-order chi connectivity index (χ1) is 15.0. The molecule has 2 heterocycles. The molecule has 0 saturated carbocycles. The maximum absolute atomic E-state index is 12.2. The zero-order chi connectivity index (χ0) is 24.8. The van der Waals surface area contributed by atoms with Crippen LogP contribution in [0.5, 0.6) is 0 Å². The molecule has 0 radical (unpaired) electrons. The van der Waals surface area contributed by atoms with Crippen LogP contribution < -0.4 is 0 Å². The Kier molecular flexibility index (Phi) is 12.3. The SMILES string of the molecule is CC.CC(=O)O.CC(=O)O.CC(=O)O.O=C1Cc2ccccc2-c2nc3ccccc3n21. The number of aliphatic carboxylic acids is 3. The van der Waals surface area contributed by atoms with Gasteiger partial charge in [0.05, 0.1) is 17.5 Å². The van der Waals surface area contributed by atoms with Gasteiger partial charge in [-0.3, -0.25) is 23.7 Å². The van der Waals surface area contributed by atoms with Gasteiger partial charge in [-0.25, -0.2) is 4.98 Å². The smallest absolute Gasteiger partial charge is 0.300 e. The highest BCUT2D eigenvalue weighted by molar-refractivity contribution is 5.99. The first kappa shape index (κ1) is 28.0. The van der Waals surface area contributed by atoms with Crippen LogP contribution in [0, 0.1) is 0 Å². The maximum Gasteiger partial charge on any atom is 0.300 e. The molecule has 172 valence electrons. The van der Waals surface area contributed by atoms with Crippen molar-refractivity contribution in [3.05, 3.63) is 54.1 Å². The number of carbonyl (C=O) groups is 4. The van der Waals surface area contributed by atoms with E-state index >= 15 is 0 Å². The van der Waals surface area contributed by atoms with Crippen molar-refractivity contribution < 1.29 is 34.5 Å². The Labute approximate surface area is 186 Å². The number of carbonyl (C=O) groups excluding carboxylic acids is 1. The van der Waals surface area contributed by atoms with Gasteiger partial charge >= 0.3 is 0 Å².